The smallest absolute Gasteiger partial charge is 0.210 e. The minimum Gasteiger partial charge on any atom is -0.493 e. The Morgan fingerprint density at radius 1 is 0.929 bits per heavy atom. The molecule has 0 bridgehead atoms. The van der Waals surface area contributed by atoms with Gasteiger partial charge in [0, 0.05) is 11.3 Å². The van der Waals surface area contributed by atoms with Crippen molar-refractivity contribution in [2.45, 2.75) is 24.8 Å². The Balaban J connectivity index is 1.87. The predicted octanol–water partition coefficient (Wildman–Crippen LogP) is 3.59. The summed E-state index contributed by atoms with van der Waals surface area (Å²) in [5, 5.41) is 9.12. The van der Waals surface area contributed by atoms with Crippen molar-refractivity contribution in [3.63, 3.8) is 0 Å². The minimum atomic E-state index is 0.515. The molecule has 0 radical (unpaired) electrons. The molecular formula is C20H24N4O3S. The fourth-order valence-corrected chi connectivity index (χ4v) is 3.62. The van der Waals surface area contributed by atoms with Gasteiger partial charge in [-0.3, -0.25) is 0 Å². The van der Waals surface area contributed by atoms with E-state index in [1.54, 1.807) is 33.5 Å². The van der Waals surface area contributed by atoms with Crippen LogP contribution in [0.15, 0.2) is 35.5 Å². The van der Waals surface area contributed by atoms with E-state index in [1.807, 2.05) is 0 Å². The number of nitrogens with zero attached hydrogens (tertiary/aromatic N) is 3. The van der Waals surface area contributed by atoms with Crippen LogP contribution in [0.4, 0.5) is 0 Å². The van der Waals surface area contributed by atoms with Gasteiger partial charge in [-0.2, -0.15) is 0 Å². The normalized spacial score (nSPS) is 10.8. The quantitative estimate of drug-likeness (QED) is 0.479. The van der Waals surface area contributed by atoms with E-state index in [-0.39, 0.29) is 0 Å². The van der Waals surface area contributed by atoms with Gasteiger partial charge in [0.25, 0.3) is 0 Å². The molecule has 28 heavy (non-hydrogen) atoms. The molecule has 8 heteroatoms. The molecule has 2 aromatic carbocycles. The Morgan fingerprint density at radius 2 is 1.61 bits per heavy atom. The number of hydrogen-bond acceptors (Lipinski definition) is 7. The molecule has 0 amide bonds. The van der Waals surface area contributed by atoms with Gasteiger partial charge in [0.05, 0.1) is 21.3 Å². The lowest BCUT2D eigenvalue weighted by Gasteiger charge is -2.13. The number of aryl methyl sites for hydroxylation is 2. The van der Waals surface area contributed by atoms with Crippen LogP contribution in [0.25, 0.3) is 11.4 Å². The molecule has 1 heterocycles. The van der Waals surface area contributed by atoms with Crippen LogP contribution in [-0.2, 0) is 5.75 Å². The van der Waals surface area contributed by atoms with E-state index in [9.17, 15) is 0 Å². The molecule has 2 N–H and O–H groups in total. The van der Waals surface area contributed by atoms with E-state index in [0.29, 0.717) is 28.2 Å². The summed E-state index contributed by atoms with van der Waals surface area (Å²) in [6.07, 6.45) is 0. The van der Waals surface area contributed by atoms with Crippen LogP contribution in [0.3, 0.4) is 0 Å². The highest BCUT2D eigenvalue weighted by atomic mass is 32.2. The van der Waals surface area contributed by atoms with Crippen LogP contribution in [0.1, 0.15) is 16.7 Å². The van der Waals surface area contributed by atoms with Gasteiger partial charge < -0.3 is 20.1 Å². The van der Waals surface area contributed by atoms with Crippen LogP contribution < -0.4 is 20.1 Å². The molecular weight excluding hydrogens is 376 g/mol. The highest BCUT2D eigenvalue weighted by molar-refractivity contribution is 7.98. The molecule has 3 aromatic rings. The van der Waals surface area contributed by atoms with Crippen molar-refractivity contribution < 1.29 is 14.2 Å². The van der Waals surface area contributed by atoms with Crippen LogP contribution in [-0.4, -0.2) is 36.2 Å². The Kier molecular flexibility index (Phi) is 5.99. The van der Waals surface area contributed by atoms with E-state index in [4.69, 9.17) is 20.1 Å². The zero-order valence-corrected chi connectivity index (χ0v) is 17.5. The van der Waals surface area contributed by atoms with Crippen molar-refractivity contribution in [2.24, 2.45) is 0 Å². The Labute approximate surface area is 168 Å². The first-order valence-corrected chi connectivity index (χ1v) is 9.66. The molecule has 148 valence electrons. The molecule has 1 aromatic heterocycles. The second kappa shape index (κ2) is 8.43. The monoisotopic (exact) mass is 400 g/mol. The molecule has 0 unspecified atom stereocenters. The highest BCUT2D eigenvalue weighted by Gasteiger charge is 2.18. The lowest BCUT2D eigenvalue weighted by molar-refractivity contribution is 0.324. The Bertz CT molecular complexity index is 963. The lowest BCUT2D eigenvalue weighted by atomic mass is 10.1. The number of nitrogens with two attached hydrogens (primary N) is 1. The summed E-state index contributed by atoms with van der Waals surface area (Å²) in [6, 6.07) is 10.0. The molecule has 0 spiro atoms. The lowest BCUT2D eigenvalue weighted by Crippen LogP contribution is -2.11. The maximum atomic E-state index is 6.27. The molecule has 3 rings (SSSR count). The van der Waals surface area contributed by atoms with Gasteiger partial charge in [-0.1, -0.05) is 30.0 Å². The van der Waals surface area contributed by atoms with E-state index in [0.717, 1.165) is 11.3 Å². The molecule has 0 atom stereocenters. The van der Waals surface area contributed by atoms with Crippen LogP contribution in [0, 0.1) is 13.8 Å². The third-order valence-electron chi connectivity index (χ3n) is 4.53. The fourth-order valence-electron chi connectivity index (χ4n) is 2.82. The van der Waals surface area contributed by atoms with Crippen LogP contribution in [0.5, 0.6) is 17.2 Å². The van der Waals surface area contributed by atoms with Gasteiger partial charge in [0.2, 0.25) is 10.9 Å². The van der Waals surface area contributed by atoms with Gasteiger partial charge >= 0.3 is 0 Å². The van der Waals surface area contributed by atoms with Gasteiger partial charge in [-0.15, -0.1) is 10.2 Å². The number of benzene rings is 2. The molecule has 0 fully saturated rings. The van der Waals surface area contributed by atoms with Crippen molar-refractivity contribution in [1.82, 2.24) is 14.9 Å². The first-order valence-electron chi connectivity index (χ1n) is 8.68. The third-order valence-corrected chi connectivity index (χ3v) is 5.54. The van der Waals surface area contributed by atoms with Crippen LogP contribution in [0.2, 0.25) is 0 Å². The second-order valence-electron chi connectivity index (χ2n) is 6.30. The average molecular weight is 401 g/mol. The number of hydrogen-bond donors (Lipinski definition) is 1. The SMILES string of the molecule is COc1cc(-c2nnc(SCc3ccc(C)c(C)c3)n2N)cc(OC)c1OC. The topological polar surface area (TPSA) is 84.4 Å². The van der Waals surface area contributed by atoms with Crippen LogP contribution >= 0.6 is 11.8 Å². The summed E-state index contributed by atoms with van der Waals surface area (Å²) in [5.41, 5.74) is 4.49. The maximum absolute atomic E-state index is 6.27. The number of aromatic nitrogens is 3. The van der Waals surface area contributed by atoms with Crippen molar-refractivity contribution in [1.29, 1.82) is 0 Å². The Hall–Kier alpha value is -2.87. The summed E-state index contributed by atoms with van der Waals surface area (Å²) < 4.78 is 17.7. The summed E-state index contributed by atoms with van der Waals surface area (Å²) in [7, 11) is 4.70. The fraction of sp³-hybridized carbons (Fsp3) is 0.300. The summed E-state index contributed by atoms with van der Waals surface area (Å²) in [5.74, 6) is 9.11. The van der Waals surface area contributed by atoms with Crippen molar-refractivity contribution >= 4 is 11.8 Å². The van der Waals surface area contributed by atoms with Gasteiger partial charge in [0.15, 0.2) is 17.3 Å². The first-order chi connectivity index (χ1) is 13.5. The molecule has 0 aliphatic carbocycles. The molecule has 0 aliphatic heterocycles. The summed E-state index contributed by atoms with van der Waals surface area (Å²) >= 11 is 1.53. The minimum absolute atomic E-state index is 0.515. The maximum Gasteiger partial charge on any atom is 0.210 e. The number of rotatable bonds is 7. The zero-order valence-electron chi connectivity index (χ0n) is 16.6. The number of methoxy groups -OCH3 is 3. The predicted molar refractivity (Wildman–Crippen MR) is 111 cm³/mol. The van der Waals surface area contributed by atoms with Crippen molar-refractivity contribution in [3.8, 4) is 28.6 Å². The number of thioether (sulfide) groups is 1. The first kappa shape index (κ1) is 19.9. The standard InChI is InChI=1S/C20H24N4O3S/c1-12-6-7-14(8-13(12)2)11-28-20-23-22-19(24(20)21)15-9-16(25-3)18(27-5)17(10-15)26-4/h6-10H,11,21H2,1-5H3. The van der Waals surface area contributed by atoms with Crippen molar-refractivity contribution in [3.05, 3.63) is 47.0 Å². The zero-order chi connectivity index (χ0) is 20.3. The number of ether oxygens (including phenoxy) is 3. The van der Waals surface area contributed by atoms with Crippen molar-refractivity contribution in [2.75, 3.05) is 27.2 Å². The van der Waals surface area contributed by atoms with Gasteiger partial charge in [0.1, 0.15) is 0 Å². The summed E-state index contributed by atoms with van der Waals surface area (Å²) in [6.45, 7) is 4.21. The molecule has 7 nitrogen and oxygen atoms in total. The molecule has 0 saturated carbocycles. The van der Waals surface area contributed by atoms with Gasteiger partial charge in [-0.05, 0) is 42.7 Å². The average Bonchev–Trinajstić information content (AvgIpc) is 3.08. The molecule has 0 saturated heterocycles. The molecule has 0 aliphatic rings. The third kappa shape index (κ3) is 3.87. The summed E-state index contributed by atoms with van der Waals surface area (Å²) in [4.78, 5) is 0. The van der Waals surface area contributed by atoms with E-state index < -0.39 is 0 Å². The second-order valence-corrected chi connectivity index (χ2v) is 7.24. The van der Waals surface area contributed by atoms with E-state index in [2.05, 4.69) is 42.2 Å². The number of nitrogen functional groups attached to an aromatic ring is 1. The highest BCUT2D eigenvalue weighted by Crippen LogP contribution is 2.41. The van der Waals surface area contributed by atoms with Gasteiger partial charge in [-0.25, -0.2) is 4.68 Å². The Morgan fingerprint density at radius 3 is 2.18 bits per heavy atom. The largest absolute Gasteiger partial charge is 0.493 e. The van der Waals surface area contributed by atoms with E-state index in [1.165, 1.54) is 33.1 Å². The van der Waals surface area contributed by atoms with E-state index >= 15 is 0 Å².